The number of nitrogens with zero attached hydrogens (tertiary/aromatic N) is 9. The molecule has 7 unspecified atom stereocenters. The molecule has 0 aliphatic carbocycles. The Morgan fingerprint density at radius 3 is 2.45 bits per heavy atom. The number of aromatic hydroxyl groups is 1. The van der Waals surface area contributed by atoms with Gasteiger partial charge in [-0.1, -0.05) is 63.2 Å². The summed E-state index contributed by atoms with van der Waals surface area (Å²) >= 11 is 1.61. The van der Waals surface area contributed by atoms with E-state index in [4.69, 9.17) is 14.0 Å². The molecule has 2 bridgehead atoms. The lowest BCUT2D eigenvalue weighted by molar-refractivity contribution is -0.141. The van der Waals surface area contributed by atoms with Crippen LogP contribution in [0.4, 0.5) is 14.6 Å². The minimum atomic E-state index is -1.43. The van der Waals surface area contributed by atoms with Crippen molar-refractivity contribution in [2.45, 2.75) is 153 Å². The van der Waals surface area contributed by atoms with Crippen LogP contribution in [-0.4, -0.2) is 152 Å². The van der Waals surface area contributed by atoms with E-state index in [2.05, 4.69) is 69.5 Å². The number of piperidine rings is 1. The summed E-state index contributed by atoms with van der Waals surface area (Å²) in [4.78, 5) is 55.6. The number of likely N-dealkylation sites (tertiary alicyclic amines) is 2. The van der Waals surface area contributed by atoms with Gasteiger partial charge >= 0.3 is 6.01 Å². The molecule has 3 aromatic carbocycles. The number of phenols is 1. The molecule has 0 radical (unpaired) electrons. The number of hydrogen-bond donors (Lipinski definition) is 3. The SMILES string of the molecule is CCc1cccc2cc(O)cc(-c3ncc4c(N5CC6CCC(C5)N6)nc(OC)nc4c3F)c12.Cc1ncsc1-c1ccc(C(C)NC(=O)C2CCCN2C(=O)C(c2cc(OCC3(F)CCN(CC4CCC5CCCN54)CC3)no2)C(C)C)cc1. The Morgan fingerprint density at radius 2 is 1.72 bits per heavy atom. The van der Waals surface area contributed by atoms with Crippen LogP contribution >= 0.6 is 11.3 Å². The Kier molecular flexibility index (Phi) is 17.1. The number of phenolic OH excluding ortho intramolecular Hbond substituents is 1. The smallest absolute Gasteiger partial charge is 0.318 e. The van der Waals surface area contributed by atoms with E-state index in [0.717, 1.165) is 102 Å². The number of halogens is 2. The third kappa shape index (κ3) is 12.2. The van der Waals surface area contributed by atoms with Gasteiger partial charge in [-0.25, -0.2) is 13.8 Å². The van der Waals surface area contributed by atoms with Crippen LogP contribution in [0.5, 0.6) is 17.6 Å². The number of aromatic nitrogens is 5. The van der Waals surface area contributed by atoms with E-state index in [1.54, 1.807) is 40.6 Å². The molecular formula is C65H79F2N11O6S. The third-order valence-corrected chi connectivity index (χ3v) is 19.8. The van der Waals surface area contributed by atoms with Crippen LogP contribution in [0, 0.1) is 18.7 Å². The highest BCUT2D eigenvalue weighted by Gasteiger charge is 2.43. The minimum absolute atomic E-state index is 0.0642. The lowest BCUT2D eigenvalue weighted by Crippen LogP contribution is -2.51. The van der Waals surface area contributed by atoms with Gasteiger partial charge in [-0.15, -0.1) is 11.3 Å². The molecule has 2 amide bonds. The standard InChI is InChI=1S/C39H53FN6O4S.C26H26FN5O2/c1-25(2)35(33-21-34(43-50-33)49-23-39(40)15-19-44(20-16-39)22-31-14-13-30-7-5-17-45(30)31)38(48)46-18-6-8-32(46)37(47)42-26(3)28-9-11-29(12-10-28)36-27(4)41-24-51-36;1-3-14-5-4-6-15-9-18(33)10-19(21(14)15)23-22(27)24-20(11-28-23)25(31-26(30-24)34-2)32-12-16-7-8-17(13-32)29-16/h9-12,21,24-26,30-32,35H,5-8,13-20,22-23H2,1-4H3,(H,42,47);4-6,9-11,16-17,29,33H,3,7-8,12-13H2,1-2H3. The van der Waals surface area contributed by atoms with Gasteiger partial charge in [0.25, 0.3) is 5.88 Å². The topological polar surface area (TPSA) is 187 Å². The van der Waals surface area contributed by atoms with Crippen LogP contribution in [-0.2, 0) is 16.0 Å². The number of carbonyl (C=O) groups is 2. The maximum absolute atomic E-state index is 16.2. The molecule has 20 heteroatoms. The number of carbonyl (C=O) groups excluding carboxylic acids is 2. The molecule has 6 aliphatic heterocycles. The van der Waals surface area contributed by atoms with Gasteiger partial charge in [-0.2, -0.15) is 9.97 Å². The molecule has 6 saturated heterocycles. The van der Waals surface area contributed by atoms with Gasteiger partial charge in [0, 0.05) is 81.3 Å². The molecule has 4 aromatic heterocycles. The van der Waals surface area contributed by atoms with Gasteiger partial charge in [0.1, 0.15) is 47.0 Å². The molecule has 17 nitrogen and oxygen atoms in total. The van der Waals surface area contributed by atoms with E-state index in [1.165, 1.54) is 39.3 Å². The Morgan fingerprint density at radius 1 is 0.941 bits per heavy atom. The highest BCUT2D eigenvalue weighted by atomic mass is 32.1. The monoisotopic (exact) mass is 1180 g/mol. The summed E-state index contributed by atoms with van der Waals surface area (Å²) in [7, 11) is 1.49. The second kappa shape index (κ2) is 24.8. The second-order valence-corrected chi connectivity index (χ2v) is 25.6. The van der Waals surface area contributed by atoms with Gasteiger partial charge in [0.05, 0.1) is 34.6 Å². The fourth-order valence-corrected chi connectivity index (χ4v) is 15.1. The first-order valence-corrected chi connectivity index (χ1v) is 31.6. The number of methoxy groups -OCH3 is 1. The number of nitrogens with one attached hydrogen (secondary N) is 2. The van der Waals surface area contributed by atoms with Crippen LogP contribution in [0.25, 0.3) is 43.4 Å². The van der Waals surface area contributed by atoms with E-state index in [0.29, 0.717) is 66.5 Å². The van der Waals surface area contributed by atoms with E-state index < -0.39 is 23.4 Å². The summed E-state index contributed by atoms with van der Waals surface area (Å²) in [5, 5.41) is 23.5. The maximum atomic E-state index is 16.2. The lowest BCUT2D eigenvalue weighted by Gasteiger charge is -2.38. The molecule has 0 spiro atoms. The molecule has 3 N–H and O–H groups in total. The zero-order valence-electron chi connectivity index (χ0n) is 49.7. The fourth-order valence-electron chi connectivity index (χ4n) is 14.3. The van der Waals surface area contributed by atoms with Crippen molar-refractivity contribution in [2.75, 3.05) is 64.4 Å². The summed E-state index contributed by atoms with van der Waals surface area (Å²) in [6, 6.07) is 20.5. The third-order valence-electron chi connectivity index (χ3n) is 18.8. The number of amides is 2. The quantitative estimate of drug-likeness (QED) is 0.0829. The number of anilines is 1. The normalized spacial score (nSPS) is 22.9. The largest absolute Gasteiger partial charge is 0.508 e. The van der Waals surface area contributed by atoms with Crippen LogP contribution in [0.3, 0.4) is 0 Å². The number of alkyl halides is 1. The first-order chi connectivity index (χ1) is 41.1. The van der Waals surface area contributed by atoms with Crippen LogP contribution in [0.2, 0.25) is 0 Å². The first kappa shape index (κ1) is 58.5. The molecular weight excluding hydrogens is 1100 g/mol. The summed E-state index contributed by atoms with van der Waals surface area (Å²) in [6.07, 6.45) is 12.1. The molecule has 85 heavy (non-hydrogen) atoms. The van der Waals surface area contributed by atoms with Crippen LogP contribution in [0.1, 0.15) is 126 Å². The van der Waals surface area contributed by atoms with Crippen molar-refractivity contribution in [3.8, 4) is 39.3 Å². The Balaban J connectivity index is 0.000000180. The highest BCUT2D eigenvalue weighted by Crippen LogP contribution is 2.41. The number of piperazine rings is 1. The lowest BCUT2D eigenvalue weighted by atomic mass is 9.91. The first-order valence-electron chi connectivity index (χ1n) is 30.7. The maximum Gasteiger partial charge on any atom is 0.318 e. The van der Waals surface area contributed by atoms with Crippen molar-refractivity contribution in [3.05, 3.63) is 101 Å². The Hall–Kier alpha value is -6.87. The molecule has 6 fully saturated rings. The van der Waals surface area contributed by atoms with Gasteiger partial charge < -0.3 is 44.4 Å². The van der Waals surface area contributed by atoms with Gasteiger partial charge in [-0.3, -0.25) is 19.5 Å². The number of hydrogen-bond acceptors (Lipinski definition) is 16. The van der Waals surface area contributed by atoms with E-state index in [9.17, 15) is 14.7 Å². The van der Waals surface area contributed by atoms with Crippen molar-refractivity contribution in [1.29, 1.82) is 0 Å². The average Bonchev–Trinajstić information content (AvgIpc) is 2.31. The molecule has 450 valence electrons. The summed E-state index contributed by atoms with van der Waals surface area (Å²) in [5.74, 6) is -0.360. The molecule has 7 aromatic rings. The number of thiazole rings is 1. The van der Waals surface area contributed by atoms with Gasteiger partial charge in [-0.05, 0) is 142 Å². The molecule has 6 aliphatic rings. The van der Waals surface area contributed by atoms with Crippen molar-refractivity contribution in [2.24, 2.45) is 5.92 Å². The number of fused-ring (bicyclic) bond motifs is 5. The second-order valence-electron chi connectivity index (χ2n) is 24.7. The fraction of sp³-hybridized carbons (Fsp3) is 0.523. The Bertz CT molecular complexity index is 3530. The molecule has 7 atom stereocenters. The zero-order valence-corrected chi connectivity index (χ0v) is 50.5. The highest BCUT2D eigenvalue weighted by molar-refractivity contribution is 7.13. The average molecular weight is 1180 g/mol. The zero-order chi connectivity index (χ0) is 59.1. The van der Waals surface area contributed by atoms with Gasteiger partial charge in [0.2, 0.25) is 11.8 Å². The van der Waals surface area contributed by atoms with Crippen molar-refractivity contribution >= 4 is 50.6 Å². The summed E-state index contributed by atoms with van der Waals surface area (Å²) < 4.78 is 48.9. The molecule has 13 rings (SSSR count). The van der Waals surface area contributed by atoms with E-state index >= 15 is 8.78 Å². The van der Waals surface area contributed by atoms with Gasteiger partial charge in [0.15, 0.2) is 11.6 Å². The minimum Gasteiger partial charge on any atom is -0.508 e. The van der Waals surface area contributed by atoms with Crippen LogP contribution < -0.4 is 25.0 Å². The number of rotatable bonds is 16. The predicted octanol–water partition coefficient (Wildman–Crippen LogP) is 10.7. The summed E-state index contributed by atoms with van der Waals surface area (Å²) in [6.45, 7) is 15.6. The number of ether oxygens (including phenoxy) is 2. The predicted molar refractivity (Wildman–Crippen MR) is 325 cm³/mol. The number of pyridine rings is 1. The summed E-state index contributed by atoms with van der Waals surface area (Å²) in [5.41, 5.74) is 5.45. The van der Waals surface area contributed by atoms with Crippen molar-refractivity contribution < 1.29 is 37.5 Å². The number of aryl methyl sites for hydroxylation is 2. The van der Waals surface area contributed by atoms with E-state index in [-0.39, 0.29) is 59.2 Å². The van der Waals surface area contributed by atoms with Crippen LogP contribution in [0.15, 0.2) is 76.9 Å². The molecule has 10 heterocycles. The molecule has 0 saturated carbocycles. The van der Waals surface area contributed by atoms with Crippen molar-refractivity contribution in [1.82, 2.24) is 50.4 Å². The Labute approximate surface area is 499 Å². The van der Waals surface area contributed by atoms with Crippen molar-refractivity contribution in [3.63, 3.8) is 0 Å². The van der Waals surface area contributed by atoms with E-state index in [1.807, 2.05) is 63.5 Å². The number of benzene rings is 3.